The van der Waals surface area contributed by atoms with Crippen LogP contribution in [0.4, 0.5) is 5.69 Å². The van der Waals surface area contributed by atoms with E-state index in [1.807, 2.05) is 4.90 Å². The van der Waals surface area contributed by atoms with Crippen LogP contribution in [-0.2, 0) is 4.79 Å². The van der Waals surface area contributed by atoms with Gasteiger partial charge in [0.1, 0.15) is 5.75 Å². The molecule has 1 aromatic carbocycles. The molecule has 0 N–H and O–H groups in total. The van der Waals surface area contributed by atoms with E-state index < -0.39 is 4.92 Å². The number of hydrogen-bond acceptors (Lipinski definition) is 5. The maximum absolute atomic E-state index is 12.9. The molecule has 0 aromatic heterocycles. The van der Waals surface area contributed by atoms with Gasteiger partial charge in [0.2, 0.25) is 5.91 Å². The first-order valence-electron chi connectivity index (χ1n) is 9.81. The Bertz CT molecular complexity index is 758. The van der Waals surface area contributed by atoms with Crippen molar-refractivity contribution in [1.82, 2.24) is 9.80 Å². The average Bonchev–Trinajstić information content (AvgIpc) is 2.72. The Morgan fingerprint density at radius 1 is 1.14 bits per heavy atom. The molecule has 0 radical (unpaired) electrons. The van der Waals surface area contributed by atoms with Gasteiger partial charge in [0.15, 0.2) is 0 Å². The Morgan fingerprint density at radius 3 is 2.46 bits per heavy atom. The molecule has 0 aliphatic carbocycles. The molecule has 2 amide bonds. The quantitative estimate of drug-likeness (QED) is 0.583. The number of ether oxygens (including phenoxy) is 1. The molecule has 0 saturated carbocycles. The lowest BCUT2D eigenvalue weighted by Gasteiger charge is -2.37. The molecule has 28 heavy (non-hydrogen) atoms. The SMILES string of the molecule is COc1ccc([N+](=O)[O-])cc1C(=O)N1CCC(C(=O)N2CCCC(C)C2)CC1. The smallest absolute Gasteiger partial charge is 0.270 e. The van der Waals surface area contributed by atoms with E-state index in [4.69, 9.17) is 4.74 Å². The van der Waals surface area contributed by atoms with Crippen LogP contribution in [0.2, 0.25) is 0 Å². The summed E-state index contributed by atoms with van der Waals surface area (Å²) in [6.45, 7) is 4.75. The fraction of sp³-hybridized carbons (Fsp3) is 0.600. The molecule has 2 aliphatic rings. The molecule has 8 nitrogen and oxygen atoms in total. The number of carbonyl (C=O) groups is 2. The van der Waals surface area contributed by atoms with E-state index in [1.54, 1.807) is 4.90 Å². The van der Waals surface area contributed by atoms with Crippen LogP contribution >= 0.6 is 0 Å². The van der Waals surface area contributed by atoms with Crippen molar-refractivity contribution in [3.05, 3.63) is 33.9 Å². The second-order valence-electron chi connectivity index (χ2n) is 7.74. The third kappa shape index (κ3) is 4.26. The minimum absolute atomic E-state index is 0.0543. The Kier molecular flexibility index (Phi) is 6.16. The van der Waals surface area contributed by atoms with Gasteiger partial charge < -0.3 is 14.5 Å². The van der Waals surface area contributed by atoms with Crippen LogP contribution in [0, 0.1) is 22.0 Å². The Hall–Kier alpha value is -2.64. The van der Waals surface area contributed by atoms with Gasteiger partial charge in [-0.25, -0.2) is 0 Å². The summed E-state index contributed by atoms with van der Waals surface area (Å²) in [5.74, 6) is 0.711. The van der Waals surface area contributed by atoms with Crippen molar-refractivity contribution in [2.45, 2.75) is 32.6 Å². The maximum atomic E-state index is 12.9. The highest BCUT2D eigenvalue weighted by molar-refractivity contribution is 5.97. The molecule has 2 saturated heterocycles. The van der Waals surface area contributed by atoms with E-state index in [0.717, 1.165) is 19.5 Å². The third-order valence-electron chi connectivity index (χ3n) is 5.72. The number of likely N-dealkylation sites (tertiary alicyclic amines) is 2. The second kappa shape index (κ2) is 8.58. The number of non-ortho nitro benzene ring substituents is 1. The van der Waals surface area contributed by atoms with E-state index in [2.05, 4.69) is 6.92 Å². The lowest BCUT2D eigenvalue weighted by molar-refractivity contribution is -0.384. The summed E-state index contributed by atoms with van der Waals surface area (Å²) in [5.41, 5.74) is 0.0414. The number of nitrogens with zero attached hydrogens (tertiary/aromatic N) is 3. The lowest BCUT2D eigenvalue weighted by atomic mass is 9.92. The summed E-state index contributed by atoms with van der Waals surface area (Å²) in [4.78, 5) is 39.8. The summed E-state index contributed by atoms with van der Waals surface area (Å²) in [6.07, 6.45) is 3.46. The Labute approximate surface area is 164 Å². The zero-order chi connectivity index (χ0) is 20.3. The van der Waals surface area contributed by atoms with Crippen molar-refractivity contribution >= 4 is 17.5 Å². The molecule has 2 heterocycles. The summed E-state index contributed by atoms with van der Waals surface area (Å²) in [6, 6.07) is 4.02. The first-order valence-corrected chi connectivity index (χ1v) is 9.81. The van der Waals surface area contributed by atoms with Gasteiger partial charge in [0.05, 0.1) is 17.6 Å². The first kappa shape index (κ1) is 20.1. The van der Waals surface area contributed by atoms with Gasteiger partial charge in [-0.3, -0.25) is 19.7 Å². The highest BCUT2D eigenvalue weighted by Gasteiger charge is 2.33. The van der Waals surface area contributed by atoms with Gasteiger partial charge in [0.25, 0.3) is 11.6 Å². The van der Waals surface area contributed by atoms with Crippen LogP contribution in [0.3, 0.4) is 0 Å². The van der Waals surface area contributed by atoms with Crippen molar-refractivity contribution < 1.29 is 19.2 Å². The zero-order valence-electron chi connectivity index (χ0n) is 16.4. The monoisotopic (exact) mass is 389 g/mol. The van der Waals surface area contributed by atoms with E-state index in [-0.39, 0.29) is 29.0 Å². The number of benzene rings is 1. The summed E-state index contributed by atoms with van der Waals surface area (Å²) in [7, 11) is 1.43. The Balaban J connectivity index is 1.64. The molecule has 3 rings (SSSR count). The van der Waals surface area contributed by atoms with Crippen LogP contribution in [0.15, 0.2) is 18.2 Å². The van der Waals surface area contributed by atoms with E-state index in [1.165, 1.54) is 31.7 Å². The van der Waals surface area contributed by atoms with Gasteiger partial charge in [-0.1, -0.05) is 6.92 Å². The third-order valence-corrected chi connectivity index (χ3v) is 5.72. The molecule has 0 spiro atoms. The molecule has 2 fully saturated rings. The number of hydrogen-bond donors (Lipinski definition) is 0. The van der Waals surface area contributed by atoms with E-state index in [0.29, 0.717) is 37.6 Å². The predicted molar refractivity (Wildman–Crippen MR) is 103 cm³/mol. The zero-order valence-corrected chi connectivity index (χ0v) is 16.4. The number of methoxy groups -OCH3 is 1. The van der Waals surface area contributed by atoms with Crippen molar-refractivity contribution in [2.75, 3.05) is 33.3 Å². The van der Waals surface area contributed by atoms with Crippen LogP contribution in [0.5, 0.6) is 5.75 Å². The molecule has 0 bridgehead atoms. The van der Waals surface area contributed by atoms with Crippen LogP contribution in [0.25, 0.3) is 0 Å². The van der Waals surface area contributed by atoms with Crippen molar-refractivity contribution in [1.29, 1.82) is 0 Å². The largest absolute Gasteiger partial charge is 0.496 e. The molecule has 8 heteroatoms. The second-order valence-corrected chi connectivity index (χ2v) is 7.74. The van der Waals surface area contributed by atoms with Gasteiger partial charge in [-0.2, -0.15) is 0 Å². The lowest BCUT2D eigenvalue weighted by Crippen LogP contribution is -2.47. The molecular formula is C20H27N3O5. The highest BCUT2D eigenvalue weighted by Crippen LogP contribution is 2.28. The standard InChI is InChI=1S/C20H27N3O5/c1-14-4-3-9-22(13-14)19(24)15-7-10-21(11-8-15)20(25)17-12-16(23(26)27)5-6-18(17)28-2/h5-6,12,14-15H,3-4,7-11,13H2,1-2H3. The topological polar surface area (TPSA) is 93.0 Å². The molecule has 2 aliphatic heterocycles. The van der Waals surface area contributed by atoms with Gasteiger partial charge in [-0.05, 0) is 37.7 Å². The van der Waals surface area contributed by atoms with Gasteiger partial charge in [0, 0.05) is 44.2 Å². The van der Waals surface area contributed by atoms with Gasteiger partial charge >= 0.3 is 0 Å². The van der Waals surface area contributed by atoms with E-state index in [9.17, 15) is 19.7 Å². The number of nitro groups is 1. The maximum Gasteiger partial charge on any atom is 0.270 e. The highest BCUT2D eigenvalue weighted by atomic mass is 16.6. The minimum Gasteiger partial charge on any atom is -0.496 e. The predicted octanol–water partition coefficient (Wildman–Crippen LogP) is 2.71. The number of rotatable bonds is 4. The van der Waals surface area contributed by atoms with E-state index >= 15 is 0 Å². The number of piperidine rings is 2. The normalized spacial score (nSPS) is 20.7. The molecule has 152 valence electrons. The van der Waals surface area contributed by atoms with Crippen LogP contribution in [-0.4, -0.2) is 59.8 Å². The molecule has 1 unspecified atom stereocenters. The minimum atomic E-state index is -0.527. The summed E-state index contributed by atoms with van der Waals surface area (Å²) < 4.78 is 5.21. The number of amides is 2. The van der Waals surface area contributed by atoms with Crippen LogP contribution < -0.4 is 4.74 Å². The van der Waals surface area contributed by atoms with Crippen molar-refractivity contribution in [3.63, 3.8) is 0 Å². The number of carbonyl (C=O) groups excluding carboxylic acids is 2. The van der Waals surface area contributed by atoms with Crippen molar-refractivity contribution in [2.24, 2.45) is 11.8 Å². The first-order chi connectivity index (χ1) is 13.4. The van der Waals surface area contributed by atoms with Gasteiger partial charge in [-0.15, -0.1) is 0 Å². The molecule has 1 aromatic rings. The van der Waals surface area contributed by atoms with Crippen molar-refractivity contribution in [3.8, 4) is 5.75 Å². The fourth-order valence-electron chi connectivity index (χ4n) is 4.12. The Morgan fingerprint density at radius 2 is 1.86 bits per heavy atom. The molecule has 1 atom stereocenters. The summed E-state index contributed by atoms with van der Waals surface area (Å²) >= 11 is 0. The number of nitro benzene ring substituents is 1. The fourth-order valence-corrected chi connectivity index (χ4v) is 4.12. The summed E-state index contributed by atoms with van der Waals surface area (Å²) in [5, 5.41) is 11.0. The average molecular weight is 389 g/mol. The van der Waals surface area contributed by atoms with Crippen LogP contribution in [0.1, 0.15) is 43.0 Å². The molecular weight excluding hydrogens is 362 g/mol.